The van der Waals surface area contributed by atoms with Crippen molar-refractivity contribution in [1.29, 1.82) is 0 Å². The molecular formula is C16H9Cl2FN2O. The van der Waals surface area contributed by atoms with Crippen molar-refractivity contribution in [3.05, 3.63) is 70.1 Å². The van der Waals surface area contributed by atoms with Crippen molar-refractivity contribution in [1.82, 2.24) is 9.78 Å². The third-order valence-corrected chi connectivity index (χ3v) is 3.84. The maximum atomic E-state index is 13.4. The molecule has 6 heteroatoms. The number of hydrogen-bond acceptors (Lipinski definition) is 2. The first kappa shape index (κ1) is 14.8. The largest absolute Gasteiger partial charge is 0.298 e. The molecule has 3 nitrogen and oxygen atoms in total. The summed E-state index contributed by atoms with van der Waals surface area (Å²) in [6.45, 7) is 0. The Morgan fingerprint density at radius 3 is 2.55 bits per heavy atom. The van der Waals surface area contributed by atoms with E-state index >= 15 is 0 Å². The van der Waals surface area contributed by atoms with E-state index in [1.54, 1.807) is 36.4 Å². The minimum Gasteiger partial charge on any atom is -0.298 e. The maximum absolute atomic E-state index is 13.4. The maximum Gasteiger partial charge on any atom is 0.155 e. The number of carbonyl (C=O) groups excluding carboxylic acids is 1. The Hall–Kier alpha value is -2.17. The molecule has 0 atom stereocenters. The summed E-state index contributed by atoms with van der Waals surface area (Å²) in [6.07, 6.45) is 0.600. The topological polar surface area (TPSA) is 34.9 Å². The number of benzene rings is 2. The molecule has 1 aromatic heterocycles. The fourth-order valence-corrected chi connectivity index (χ4v) is 2.62. The molecule has 22 heavy (non-hydrogen) atoms. The highest BCUT2D eigenvalue weighted by Crippen LogP contribution is 2.31. The average molecular weight is 335 g/mol. The van der Waals surface area contributed by atoms with Crippen LogP contribution < -0.4 is 0 Å². The highest BCUT2D eigenvalue weighted by Gasteiger charge is 2.19. The summed E-state index contributed by atoms with van der Waals surface area (Å²) in [5, 5.41) is 4.89. The predicted molar refractivity (Wildman–Crippen MR) is 84.4 cm³/mol. The number of nitrogens with zero attached hydrogens (tertiary/aromatic N) is 2. The van der Waals surface area contributed by atoms with Crippen molar-refractivity contribution >= 4 is 29.5 Å². The number of carbonyl (C=O) groups is 1. The van der Waals surface area contributed by atoms with Gasteiger partial charge in [-0.05, 0) is 24.3 Å². The van der Waals surface area contributed by atoms with Crippen LogP contribution in [0.4, 0.5) is 4.39 Å². The molecule has 0 amide bonds. The van der Waals surface area contributed by atoms with E-state index in [2.05, 4.69) is 5.10 Å². The zero-order valence-electron chi connectivity index (χ0n) is 11.1. The molecule has 0 radical (unpaired) electrons. The van der Waals surface area contributed by atoms with Crippen LogP contribution in [-0.4, -0.2) is 16.1 Å². The number of aromatic nitrogens is 2. The Morgan fingerprint density at radius 1 is 1.09 bits per heavy atom. The number of hydrogen-bond donors (Lipinski definition) is 0. The van der Waals surface area contributed by atoms with Gasteiger partial charge >= 0.3 is 0 Å². The lowest BCUT2D eigenvalue weighted by atomic mass is 10.1. The molecule has 110 valence electrons. The van der Waals surface area contributed by atoms with E-state index in [1.165, 1.54) is 16.8 Å². The Labute approximate surface area is 135 Å². The second-order valence-electron chi connectivity index (χ2n) is 4.54. The van der Waals surface area contributed by atoms with Gasteiger partial charge in [-0.2, -0.15) is 5.10 Å². The fourth-order valence-electron chi connectivity index (χ4n) is 2.15. The first-order valence-corrected chi connectivity index (χ1v) is 7.12. The second-order valence-corrected chi connectivity index (χ2v) is 5.31. The number of aldehydes is 1. The van der Waals surface area contributed by atoms with Gasteiger partial charge in [0.1, 0.15) is 16.7 Å². The van der Waals surface area contributed by atoms with Crippen LogP contribution in [-0.2, 0) is 0 Å². The molecule has 2 aromatic carbocycles. The van der Waals surface area contributed by atoms with Crippen LogP contribution in [0.15, 0.2) is 48.5 Å². The third kappa shape index (κ3) is 2.51. The summed E-state index contributed by atoms with van der Waals surface area (Å²) in [4.78, 5) is 11.4. The summed E-state index contributed by atoms with van der Waals surface area (Å²) >= 11 is 12.4. The van der Waals surface area contributed by atoms with Gasteiger partial charge in [0.25, 0.3) is 0 Å². The van der Waals surface area contributed by atoms with Crippen LogP contribution in [0.5, 0.6) is 0 Å². The van der Waals surface area contributed by atoms with Gasteiger partial charge in [-0.15, -0.1) is 0 Å². The van der Waals surface area contributed by atoms with Crippen molar-refractivity contribution in [2.45, 2.75) is 0 Å². The van der Waals surface area contributed by atoms with Crippen LogP contribution >= 0.6 is 23.2 Å². The van der Waals surface area contributed by atoms with E-state index in [-0.39, 0.29) is 10.7 Å². The van der Waals surface area contributed by atoms with E-state index in [4.69, 9.17) is 23.2 Å². The second kappa shape index (κ2) is 5.91. The summed E-state index contributed by atoms with van der Waals surface area (Å²) < 4.78 is 14.8. The Kier molecular flexibility index (Phi) is 3.96. The van der Waals surface area contributed by atoms with Gasteiger partial charge in [0.15, 0.2) is 6.29 Å². The first-order valence-electron chi connectivity index (χ1n) is 6.36. The zero-order valence-corrected chi connectivity index (χ0v) is 12.6. The standard InChI is InChI=1S/C16H9Cl2FN2O/c17-13-6-1-2-7-14(13)21-16(18)12(9-22)15(20-21)10-4-3-5-11(19)8-10/h1-9H. The molecule has 0 saturated heterocycles. The smallest absolute Gasteiger partial charge is 0.155 e. The van der Waals surface area contributed by atoms with Crippen LogP contribution in [0.25, 0.3) is 16.9 Å². The normalized spacial score (nSPS) is 10.7. The molecule has 0 aliphatic carbocycles. The molecule has 3 rings (SSSR count). The van der Waals surface area contributed by atoms with Crippen LogP contribution in [0, 0.1) is 5.82 Å². The lowest BCUT2D eigenvalue weighted by Crippen LogP contribution is -1.97. The van der Waals surface area contributed by atoms with E-state index < -0.39 is 5.82 Å². The Balaban J connectivity index is 2.24. The van der Waals surface area contributed by atoms with Crippen molar-refractivity contribution < 1.29 is 9.18 Å². The van der Waals surface area contributed by atoms with Gasteiger partial charge < -0.3 is 0 Å². The lowest BCUT2D eigenvalue weighted by Gasteiger charge is -2.04. The first-order chi connectivity index (χ1) is 10.6. The van der Waals surface area contributed by atoms with Crippen LogP contribution in [0.1, 0.15) is 10.4 Å². The molecule has 0 aliphatic rings. The molecule has 0 unspecified atom stereocenters. The minimum atomic E-state index is -0.419. The van der Waals surface area contributed by atoms with Crippen LogP contribution in [0.3, 0.4) is 0 Å². The van der Waals surface area contributed by atoms with Gasteiger partial charge in [0.2, 0.25) is 0 Å². The lowest BCUT2D eigenvalue weighted by molar-refractivity contribution is 0.112. The van der Waals surface area contributed by atoms with Gasteiger partial charge in [0, 0.05) is 5.56 Å². The zero-order chi connectivity index (χ0) is 15.7. The highest BCUT2D eigenvalue weighted by molar-refractivity contribution is 6.34. The molecule has 3 aromatic rings. The number of rotatable bonds is 3. The van der Waals surface area contributed by atoms with E-state index in [0.717, 1.165) is 0 Å². The molecule has 0 fully saturated rings. The van der Waals surface area contributed by atoms with Gasteiger partial charge in [-0.1, -0.05) is 47.5 Å². The third-order valence-electron chi connectivity index (χ3n) is 3.16. The number of halogens is 3. The average Bonchev–Trinajstić information content (AvgIpc) is 2.84. The van der Waals surface area contributed by atoms with Crippen molar-refractivity contribution in [2.75, 3.05) is 0 Å². The van der Waals surface area contributed by atoms with Gasteiger partial charge in [-0.3, -0.25) is 4.79 Å². The quantitative estimate of drug-likeness (QED) is 0.645. The van der Waals surface area contributed by atoms with Crippen LogP contribution in [0.2, 0.25) is 10.2 Å². The minimum absolute atomic E-state index is 0.127. The summed E-state index contributed by atoms with van der Waals surface area (Å²) in [6, 6.07) is 12.8. The summed E-state index contributed by atoms with van der Waals surface area (Å²) in [7, 11) is 0. The molecule has 0 bridgehead atoms. The molecule has 0 aliphatic heterocycles. The van der Waals surface area contributed by atoms with Crippen molar-refractivity contribution in [3.8, 4) is 16.9 Å². The molecule has 0 saturated carbocycles. The number of para-hydroxylation sites is 1. The predicted octanol–water partition coefficient (Wildman–Crippen LogP) is 4.80. The van der Waals surface area contributed by atoms with E-state index in [0.29, 0.717) is 28.3 Å². The molecule has 1 heterocycles. The highest BCUT2D eigenvalue weighted by atomic mass is 35.5. The monoisotopic (exact) mass is 334 g/mol. The van der Waals surface area contributed by atoms with Gasteiger partial charge in [0.05, 0.1) is 16.3 Å². The van der Waals surface area contributed by atoms with Crippen molar-refractivity contribution in [2.24, 2.45) is 0 Å². The summed E-state index contributed by atoms with van der Waals surface area (Å²) in [5.41, 5.74) is 1.50. The van der Waals surface area contributed by atoms with E-state index in [9.17, 15) is 9.18 Å². The SMILES string of the molecule is O=Cc1c(-c2cccc(F)c2)nn(-c2ccccc2Cl)c1Cl. The Morgan fingerprint density at radius 2 is 1.86 bits per heavy atom. The molecule has 0 N–H and O–H groups in total. The van der Waals surface area contributed by atoms with Crippen molar-refractivity contribution in [3.63, 3.8) is 0 Å². The van der Waals surface area contributed by atoms with E-state index in [1.807, 2.05) is 0 Å². The summed E-state index contributed by atoms with van der Waals surface area (Å²) in [5.74, 6) is -0.419. The van der Waals surface area contributed by atoms with Gasteiger partial charge in [-0.25, -0.2) is 9.07 Å². The molecule has 0 spiro atoms. The molecular weight excluding hydrogens is 326 g/mol. The Bertz CT molecular complexity index is 861. The fraction of sp³-hybridized carbons (Fsp3) is 0.